The number of carbonyl (C=O) groups is 2. The summed E-state index contributed by atoms with van der Waals surface area (Å²) in [6.07, 6.45) is 6.73. The molecule has 1 N–H and O–H groups in total. The summed E-state index contributed by atoms with van der Waals surface area (Å²) in [4.78, 5) is 33.7. The van der Waals surface area contributed by atoms with Crippen LogP contribution in [0.5, 0.6) is 0 Å². The number of hydrogen-bond donors (Lipinski definition) is 1. The van der Waals surface area contributed by atoms with Crippen molar-refractivity contribution in [3.05, 3.63) is 132 Å². The number of amides is 2. The number of aromatic carboxylic acids is 1. The third-order valence-corrected chi connectivity index (χ3v) is 7.73. The highest BCUT2D eigenvalue weighted by molar-refractivity contribution is 5.97. The van der Waals surface area contributed by atoms with Gasteiger partial charge in [-0.05, 0) is 52.8 Å². The van der Waals surface area contributed by atoms with Crippen LogP contribution in [-0.4, -0.2) is 45.7 Å². The third-order valence-electron chi connectivity index (χ3n) is 7.73. The van der Waals surface area contributed by atoms with Gasteiger partial charge in [0.25, 0.3) is 0 Å². The van der Waals surface area contributed by atoms with Crippen LogP contribution >= 0.6 is 0 Å². The summed E-state index contributed by atoms with van der Waals surface area (Å²) in [6, 6.07) is 31.2. The van der Waals surface area contributed by atoms with E-state index in [0.717, 1.165) is 58.6 Å². The number of carbonyl (C=O) groups excluding carboxylic acids is 1. The van der Waals surface area contributed by atoms with Gasteiger partial charge in [0.2, 0.25) is 0 Å². The van der Waals surface area contributed by atoms with E-state index < -0.39 is 5.97 Å². The number of hydrogen-bond acceptors (Lipinski definition) is 3. The van der Waals surface area contributed by atoms with Gasteiger partial charge in [-0.2, -0.15) is 0 Å². The van der Waals surface area contributed by atoms with E-state index >= 15 is 0 Å². The van der Waals surface area contributed by atoms with Gasteiger partial charge in [-0.3, -0.25) is 4.90 Å². The zero-order valence-electron chi connectivity index (χ0n) is 25.5. The van der Waals surface area contributed by atoms with Crippen molar-refractivity contribution in [1.82, 2.24) is 14.5 Å². The highest BCUT2D eigenvalue weighted by Gasteiger charge is 2.25. The Morgan fingerprint density at radius 1 is 0.841 bits per heavy atom. The van der Waals surface area contributed by atoms with Gasteiger partial charge >= 0.3 is 12.0 Å². The van der Waals surface area contributed by atoms with E-state index in [2.05, 4.69) is 17.6 Å². The molecule has 0 bridgehead atoms. The maximum absolute atomic E-state index is 13.7. The standard InChI is InChI=1S/C37H38N4O3/c1-4-5-14-30-15-11-18-33(41(37(44)39(2)3)26-27-12-7-6-8-13-27)34(30)35-38-23-24-40(35)25-28-19-21-29(22-20-28)31-16-9-10-17-32(31)36(42)43/h6-13,15-24H,4-5,14,25-26H2,1-3H3,(H,42,43). The van der Waals surface area contributed by atoms with Gasteiger partial charge in [-0.15, -0.1) is 0 Å². The van der Waals surface area contributed by atoms with E-state index in [0.29, 0.717) is 18.7 Å². The van der Waals surface area contributed by atoms with E-state index in [1.54, 1.807) is 31.1 Å². The normalized spacial score (nSPS) is 10.9. The highest BCUT2D eigenvalue weighted by atomic mass is 16.4. The van der Waals surface area contributed by atoms with E-state index in [1.165, 1.54) is 0 Å². The summed E-state index contributed by atoms with van der Waals surface area (Å²) >= 11 is 0. The van der Waals surface area contributed by atoms with Crippen LogP contribution in [0.4, 0.5) is 10.5 Å². The van der Waals surface area contributed by atoms with Gasteiger partial charge < -0.3 is 14.6 Å². The molecule has 1 heterocycles. The molecular weight excluding hydrogens is 548 g/mol. The molecule has 0 fully saturated rings. The molecule has 0 atom stereocenters. The molecule has 1 aromatic heterocycles. The monoisotopic (exact) mass is 586 g/mol. The second-order valence-electron chi connectivity index (χ2n) is 11.1. The summed E-state index contributed by atoms with van der Waals surface area (Å²) in [5.41, 5.74) is 6.86. The number of nitrogens with zero attached hydrogens (tertiary/aromatic N) is 4. The highest BCUT2D eigenvalue weighted by Crippen LogP contribution is 2.36. The quantitative estimate of drug-likeness (QED) is 0.170. The Bertz CT molecular complexity index is 1730. The molecule has 4 aromatic carbocycles. The van der Waals surface area contributed by atoms with Crippen molar-refractivity contribution in [2.75, 3.05) is 19.0 Å². The number of aryl methyl sites for hydroxylation is 1. The Balaban J connectivity index is 1.54. The smallest absolute Gasteiger partial charge is 0.336 e. The third kappa shape index (κ3) is 6.73. The fourth-order valence-corrected chi connectivity index (χ4v) is 5.48. The number of carboxylic acids is 1. The largest absolute Gasteiger partial charge is 0.478 e. The van der Waals surface area contributed by atoms with E-state index in [4.69, 9.17) is 4.98 Å². The average molecular weight is 587 g/mol. The Morgan fingerprint density at radius 2 is 1.57 bits per heavy atom. The van der Waals surface area contributed by atoms with Crippen molar-refractivity contribution in [2.45, 2.75) is 39.3 Å². The van der Waals surface area contributed by atoms with Crippen molar-refractivity contribution in [1.29, 1.82) is 0 Å². The summed E-state index contributed by atoms with van der Waals surface area (Å²) in [6.45, 7) is 3.18. The minimum Gasteiger partial charge on any atom is -0.478 e. The van der Waals surface area contributed by atoms with Crippen molar-refractivity contribution in [2.24, 2.45) is 0 Å². The molecule has 0 saturated heterocycles. The fraction of sp³-hybridized carbons (Fsp3) is 0.216. The summed E-state index contributed by atoms with van der Waals surface area (Å²) < 4.78 is 2.12. The molecular formula is C37H38N4O3. The number of rotatable bonds is 11. The van der Waals surface area contributed by atoms with Crippen LogP contribution in [0.1, 0.15) is 46.8 Å². The first-order valence-electron chi connectivity index (χ1n) is 14.9. The van der Waals surface area contributed by atoms with Gasteiger partial charge in [0, 0.05) is 38.6 Å². The summed E-state index contributed by atoms with van der Waals surface area (Å²) in [7, 11) is 3.56. The predicted octanol–water partition coefficient (Wildman–Crippen LogP) is 7.99. The number of benzene rings is 4. The Morgan fingerprint density at radius 3 is 2.27 bits per heavy atom. The lowest BCUT2D eigenvalue weighted by molar-refractivity contribution is 0.0697. The molecule has 0 spiro atoms. The van der Waals surface area contributed by atoms with E-state index in [1.807, 2.05) is 96.2 Å². The second kappa shape index (κ2) is 13.9. The molecule has 44 heavy (non-hydrogen) atoms. The molecule has 0 aliphatic heterocycles. The lowest BCUT2D eigenvalue weighted by Gasteiger charge is -2.29. The van der Waals surface area contributed by atoms with Crippen molar-refractivity contribution in [3.8, 4) is 22.5 Å². The number of unbranched alkanes of at least 4 members (excludes halogenated alkanes) is 1. The van der Waals surface area contributed by atoms with Crippen LogP contribution in [0, 0.1) is 0 Å². The number of imidazole rings is 1. The SMILES string of the molecule is CCCCc1cccc(N(Cc2ccccc2)C(=O)N(C)C)c1-c1nccn1Cc1ccc(-c2ccccc2C(=O)O)cc1. The van der Waals surface area contributed by atoms with E-state index in [-0.39, 0.29) is 11.6 Å². The van der Waals surface area contributed by atoms with Crippen LogP contribution in [-0.2, 0) is 19.5 Å². The molecule has 0 unspecified atom stereocenters. The molecule has 2 amide bonds. The zero-order valence-corrected chi connectivity index (χ0v) is 25.5. The van der Waals surface area contributed by atoms with Crippen LogP contribution < -0.4 is 4.90 Å². The first-order valence-corrected chi connectivity index (χ1v) is 14.9. The molecule has 7 nitrogen and oxygen atoms in total. The van der Waals surface area contributed by atoms with Gasteiger partial charge in [-0.25, -0.2) is 14.6 Å². The molecule has 0 saturated carbocycles. The van der Waals surface area contributed by atoms with E-state index in [9.17, 15) is 14.7 Å². The van der Waals surface area contributed by atoms with Crippen molar-refractivity contribution >= 4 is 17.7 Å². The van der Waals surface area contributed by atoms with Crippen molar-refractivity contribution < 1.29 is 14.7 Å². The van der Waals surface area contributed by atoms with Crippen LogP contribution in [0.25, 0.3) is 22.5 Å². The topological polar surface area (TPSA) is 78.7 Å². The number of urea groups is 1. The van der Waals surface area contributed by atoms with Crippen LogP contribution in [0.15, 0.2) is 109 Å². The Hall–Kier alpha value is -5.17. The Kier molecular flexibility index (Phi) is 9.55. The first-order chi connectivity index (χ1) is 21.4. The molecule has 7 heteroatoms. The summed E-state index contributed by atoms with van der Waals surface area (Å²) in [5.74, 6) is -0.143. The minimum atomic E-state index is -0.945. The molecule has 0 radical (unpaired) electrons. The molecule has 224 valence electrons. The van der Waals surface area contributed by atoms with Crippen molar-refractivity contribution in [3.63, 3.8) is 0 Å². The molecule has 0 aliphatic carbocycles. The number of aromatic nitrogens is 2. The van der Waals surface area contributed by atoms with Crippen LogP contribution in [0.3, 0.4) is 0 Å². The second-order valence-corrected chi connectivity index (χ2v) is 11.1. The average Bonchev–Trinajstić information content (AvgIpc) is 3.50. The van der Waals surface area contributed by atoms with Crippen LogP contribution in [0.2, 0.25) is 0 Å². The molecule has 5 rings (SSSR count). The maximum Gasteiger partial charge on any atom is 0.336 e. The molecule has 0 aliphatic rings. The summed E-state index contributed by atoms with van der Waals surface area (Å²) in [5, 5.41) is 9.64. The fourth-order valence-electron chi connectivity index (χ4n) is 5.48. The predicted molar refractivity (Wildman–Crippen MR) is 176 cm³/mol. The zero-order chi connectivity index (χ0) is 31.1. The Labute approximate surface area is 259 Å². The number of carboxylic acid groups (broad SMARTS) is 1. The lowest BCUT2D eigenvalue weighted by Crippen LogP contribution is -2.39. The minimum absolute atomic E-state index is 0.0990. The first kappa shape index (κ1) is 30.3. The van der Waals surface area contributed by atoms with Gasteiger partial charge in [0.1, 0.15) is 5.82 Å². The molecule has 5 aromatic rings. The van der Waals surface area contributed by atoms with Gasteiger partial charge in [0.15, 0.2) is 0 Å². The van der Waals surface area contributed by atoms with Gasteiger partial charge in [-0.1, -0.05) is 98.3 Å². The van der Waals surface area contributed by atoms with Gasteiger partial charge in [0.05, 0.1) is 17.8 Å². The maximum atomic E-state index is 13.7. The lowest BCUT2D eigenvalue weighted by atomic mass is 9.98. The number of anilines is 1.